The molecule has 6 N–H and O–H groups in total. The molecule has 218 valence electrons. The van der Waals surface area contributed by atoms with Gasteiger partial charge in [-0.05, 0) is 61.1 Å². The van der Waals surface area contributed by atoms with Crippen LogP contribution in [-0.4, -0.2) is 64.3 Å². The molecule has 8 unspecified atom stereocenters. The Morgan fingerprint density at radius 2 is 1.95 bits per heavy atom. The molecule has 0 aromatic heterocycles. The zero-order valence-corrected chi connectivity index (χ0v) is 24.3. The molecular weight excluding hydrogens is 517 g/mol. The molecule has 1 saturated carbocycles. The summed E-state index contributed by atoms with van der Waals surface area (Å²) in [6.45, 7) is 4.92. The molecule has 1 spiro atoms. The summed E-state index contributed by atoms with van der Waals surface area (Å²) in [7, 11) is -3.32. The highest BCUT2D eigenvalue weighted by atomic mass is 32.2. The maximum Gasteiger partial charge on any atom is 0.227 e. The zero-order chi connectivity index (χ0) is 28.4. The molecule has 1 aliphatic carbocycles. The van der Waals surface area contributed by atoms with Gasteiger partial charge in [-0.25, -0.2) is 12.8 Å². The minimum atomic E-state index is -3.32. The monoisotopic (exact) mass is 563 g/mol. The molecule has 39 heavy (non-hydrogen) atoms. The highest BCUT2D eigenvalue weighted by Gasteiger charge is 2.47. The number of hydrogen-bond acceptors (Lipinski definition) is 7. The number of hydrogen-bond donors (Lipinski definition) is 4. The van der Waals surface area contributed by atoms with Crippen LogP contribution < -0.4 is 22.1 Å². The number of nitrogens with zero attached hydrogens (tertiary/aromatic N) is 1. The molecular formula is C29H46FN5O3S. The van der Waals surface area contributed by atoms with E-state index >= 15 is 0 Å². The van der Waals surface area contributed by atoms with Gasteiger partial charge in [0.1, 0.15) is 6.17 Å². The number of alkyl halides is 1. The largest absolute Gasteiger partial charge is 0.350 e. The molecule has 2 aliphatic heterocycles. The van der Waals surface area contributed by atoms with Gasteiger partial charge in [0, 0.05) is 36.9 Å². The van der Waals surface area contributed by atoms with Crippen LogP contribution in [-0.2, 0) is 14.6 Å². The van der Waals surface area contributed by atoms with Crippen molar-refractivity contribution in [3.8, 4) is 0 Å². The average Bonchev–Trinajstić information content (AvgIpc) is 3.13. The number of amides is 1. The first-order chi connectivity index (χ1) is 18.4. The van der Waals surface area contributed by atoms with E-state index in [-0.39, 0.29) is 46.7 Å². The average molecular weight is 564 g/mol. The summed E-state index contributed by atoms with van der Waals surface area (Å²) in [6, 6.07) is 6.32. The summed E-state index contributed by atoms with van der Waals surface area (Å²) in [4.78, 5) is 18.8. The third-order valence-electron chi connectivity index (χ3n) is 9.15. The van der Waals surface area contributed by atoms with Crippen molar-refractivity contribution in [3.05, 3.63) is 29.8 Å². The summed E-state index contributed by atoms with van der Waals surface area (Å²) in [5.74, 6) is -0.396. The molecule has 0 bridgehead atoms. The smallest absolute Gasteiger partial charge is 0.227 e. The molecule has 2 fully saturated rings. The fourth-order valence-electron chi connectivity index (χ4n) is 7.42. The Balaban J connectivity index is 1.58. The van der Waals surface area contributed by atoms with Gasteiger partial charge in [0.25, 0.3) is 0 Å². The number of rotatable bonds is 8. The van der Waals surface area contributed by atoms with Crippen LogP contribution in [0.5, 0.6) is 0 Å². The van der Waals surface area contributed by atoms with Crippen molar-refractivity contribution >= 4 is 22.0 Å². The number of aliphatic imine (C=N–C) groups is 1. The van der Waals surface area contributed by atoms with E-state index in [9.17, 15) is 17.6 Å². The van der Waals surface area contributed by atoms with Crippen LogP contribution in [0.2, 0.25) is 0 Å². The highest BCUT2D eigenvalue weighted by molar-refractivity contribution is 7.90. The van der Waals surface area contributed by atoms with E-state index in [4.69, 9.17) is 11.5 Å². The van der Waals surface area contributed by atoms with Crippen LogP contribution in [0.3, 0.4) is 0 Å². The van der Waals surface area contributed by atoms with E-state index in [0.29, 0.717) is 25.3 Å². The van der Waals surface area contributed by atoms with Crippen LogP contribution in [0.1, 0.15) is 70.3 Å². The lowest BCUT2D eigenvalue weighted by molar-refractivity contribution is -0.127. The lowest BCUT2D eigenvalue weighted by atomic mass is 9.73. The molecule has 3 aliphatic rings. The quantitative estimate of drug-likeness (QED) is 0.359. The van der Waals surface area contributed by atoms with E-state index in [0.717, 1.165) is 37.7 Å². The Bertz CT molecular complexity index is 1130. The second kappa shape index (κ2) is 12.3. The number of nitrogens with one attached hydrogen (secondary N) is 2. The van der Waals surface area contributed by atoms with E-state index in [1.54, 1.807) is 12.1 Å². The molecule has 0 radical (unpaired) electrons. The number of nitrogens with two attached hydrogens (primary N) is 2. The van der Waals surface area contributed by atoms with Gasteiger partial charge >= 0.3 is 0 Å². The van der Waals surface area contributed by atoms with Gasteiger partial charge in [0.15, 0.2) is 9.84 Å². The second-order valence-electron chi connectivity index (χ2n) is 12.4. The van der Waals surface area contributed by atoms with E-state index < -0.39 is 28.1 Å². The molecule has 4 rings (SSSR count). The molecule has 1 aromatic carbocycles. The number of benzene rings is 1. The van der Waals surface area contributed by atoms with Crippen LogP contribution in [0.25, 0.3) is 0 Å². The Hall–Kier alpha value is -1.88. The van der Waals surface area contributed by atoms with Gasteiger partial charge in [0.2, 0.25) is 5.91 Å². The van der Waals surface area contributed by atoms with Crippen molar-refractivity contribution in [2.24, 2.45) is 39.6 Å². The van der Waals surface area contributed by atoms with Gasteiger partial charge in [-0.2, -0.15) is 0 Å². The van der Waals surface area contributed by atoms with Crippen molar-refractivity contribution in [3.63, 3.8) is 0 Å². The summed E-state index contributed by atoms with van der Waals surface area (Å²) in [5, 5.41) is 6.54. The minimum absolute atomic E-state index is 0.0750. The van der Waals surface area contributed by atoms with Gasteiger partial charge in [-0.15, -0.1) is 0 Å². The first kappa shape index (κ1) is 30.1. The number of halogens is 1. The third kappa shape index (κ3) is 7.07. The molecule has 10 heteroatoms. The van der Waals surface area contributed by atoms with Crippen LogP contribution in [0.4, 0.5) is 4.39 Å². The Labute approximate surface area is 232 Å². The number of carbonyl (C=O) groups is 1. The number of sulfone groups is 1. The van der Waals surface area contributed by atoms with Crippen molar-refractivity contribution < 1.29 is 17.6 Å². The zero-order valence-electron chi connectivity index (χ0n) is 23.5. The Morgan fingerprint density at radius 1 is 1.23 bits per heavy atom. The molecule has 8 atom stereocenters. The van der Waals surface area contributed by atoms with Crippen LogP contribution in [0.15, 0.2) is 34.2 Å². The van der Waals surface area contributed by atoms with Crippen LogP contribution >= 0.6 is 0 Å². The summed E-state index contributed by atoms with van der Waals surface area (Å²) in [5.41, 5.74) is 13.3. The SMILES string of the molecule is CCCC1C=NCC(NC(=O)C(C(N)N)C2CC3(CCC(C)C3)CC(F)CN2)C1c1ccc(S(C)(=O)=O)cc1. The fourth-order valence-corrected chi connectivity index (χ4v) is 8.05. The Morgan fingerprint density at radius 3 is 2.54 bits per heavy atom. The predicted octanol–water partition coefficient (Wildman–Crippen LogP) is 2.92. The maximum absolute atomic E-state index is 14.9. The summed E-state index contributed by atoms with van der Waals surface area (Å²) >= 11 is 0. The van der Waals surface area contributed by atoms with Crippen molar-refractivity contribution in [1.82, 2.24) is 10.6 Å². The van der Waals surface area contributed by atoms with Gasteiger partial charge < -0.3 is 22.1 Å². The lowest BCUT2D eigenvalue weighted by Crippen LogP contribution is -2.59. The van der Waals surface area contributed by atoms with Gasteiger partial charge in [-0.3, -0.25) is 9.79 Å². The first-order valence-corrected chi connectivity index (χ1v) is 16.3. The number of carbonyl (C=O) groups excluding carboxylic acids is 1. The second-order valence-corrected chi connectivity index (χ2v) is 14.4. The molecule has 1 aromatic rings. The van der Waals surface area contributed by atoms with Crippen molar-refractivity contribution in [1.29, 1.82) is 0 Å². The molecule has 1 saturated heterocycles. The maximum atomic E-state index is 14.9. The van der Waals surface area contributed by atoms with E-state index in [1.165, 1.54) is 6.26 Å². The van der Waals surface area contributed by atoms with Gasteiger partial charge in [-0.1, -0.05) is 38.8 Å². The highest BCUT2D eigenvalue weighted by Crippen LogP contribution is 2.50. The molecule has 1 amide bonds. The predicted molar refractivity (Wildman–Crippen MR) is 153 cm³/mol. The molecule has 8 nitrogen and oxygen atoms in total. The van der Waals surface area contributed by atoms with Crippen molar-refractivity contribution in [2.75, 3.05) is 19.3 Å². The van der Waals surface area contributed by atoms with Gasteiger partial charge in [0.05, 0.1) is 29.6 Å². The standard InChI is InChI=1S/C29H46FN5O3S/c1-4-5-20-15-33-17-24(25(20)19-6-8-22(9-7-19)39(3,37)38)35-28(36)26(27(31)32)23-14-29(11-10-18(2)12-29)13-21(30)16-34-23/h6-9,15,18,20-21,23-27,34H,4-5,10-14,16-17,31-32H2,1-3H3,(H,35,36). The minimum Gasteiger partial charge on any atom is -0.350 e. The normalized spacial score (nSPS) is 34.2. The summed E-state index contributed by atoms with van der Waals surface area (Å²) in [6.07, 6.45) is 7.31. The molecule has 2 heterocycles. The van der Waals surface area contributed by atoms with E-state index in [1.807, 2.05) is 18.3 Å². The Kier molecular flexibility index (Phi) is 9.51. The van der Waals surface area contributed by atoms with E-state index in [2.05, 4.69) is 29.5 Å². The lowest BCUT2D eigenvalue weighted by Gasteiger charge is -2.38. The first-order valence-electron chi connectivity index (χ1n) is 14.4. The fraction of sp³-hybridized carbons (Fsp3) is 0.724. The summed E-state index contributed by atoms with van der Waals surface area (Å²) < 4.78 is 38.9. The third-order valence-corrected chi connectivity index (χ3v) is 10.3. The van der Waals surface area contributed by atoms with Crippen LogP contribution in [0, 0.1) is 23.2 Å². The topological polar surface area (TPSA) is 140 Å². The van der Waals surface area contributed by atoms with Crippen molar-refractivity contribution in [2.45, 2.75) is 94.0 Å².